The predicted octanol–water partition coefficient (Wildman–Crippen LogP) is 1.73. The molecular formula is C15H23N3O3. The van der Waals surface area contributed by atoms with E-state index in [0.717, 1.165) is 12.8 Å². The molecule has 0 heterocycles. The zero-order chi connectivity index (χ0) is 15.7. The van der Waals surface area contributed by atoms with E-state index in [-0.39, 0.29) is 24.5 Å². The average molecular weight is 293 g/mol. The highest BCUT2D eigenvalue weighted by Crippen LogP contribution is 2.14. The number of hydrogen-bond donors (Lipinski definition) is 3. The zero-order valence-electron chi connectivity index (χ0n) is 12.5. The molecule has 0 spiro atoms. The van der Waals surface area contributed by atoms with E-state index in [1.54, 1.807) is 24.3 Å². The summed E-state index contributed by atoms with van der Waals surface area (Å²) < 4.78 is 4.73. The van der Waals surface area contributed by atoms with Crippen LogP contribution < -0.4 is 16.4 Å². The first-order chi connectivity index (χ1) is 10.0. The molecule has 6 nitrogen and oxygen atoms in total. The Balaban J connectivity index is 2.40. The number of ether oxygens (including phenoxy) is 1. The molecule has 6 heteroatoms. The van der Waals surface area contributed by atoms with Crippen molar-refractivity contribution in [2.45, 2.75) is 32.2 Å². The summed E-state index contributed by atoms with van der Waals surface area (Å²) in [5.41, 5.74) is 6.99. The number of amides is 2. The largest absolute Gasteiger partial charge is 0.375 e. The SMILES string of the molecule is COCC(=O)Nc1ccc(NC(=O)CCCC(C)N)cc1. The number of hydrogen-bond acceptors (Lipinski definition) is 4. The molecule has 0 saturated heterocycles. The monoisotopic (exact) mass is 293 g/mol. The summed E-state index contributed by atoms with van der Waals surface area (Å²) in [7, 11) is 1.46. The Hall–Kier alpha value is -1.92. The minimum absolute atomic E-state index is 0.0120. The second-order valence-corrected chi connectivity index (χ2v) is 4.98. The van der Waals surface area contributed by atoms with Gasteiger partial charge in [0.05, 0.1) is 0 Å². The number of anilines is 2. The van der Waals surface area contributed by atoms with Gasteiger partial charge in [0.1, 0.15) is 6.61 Å². The van der Waals surface area contributed by atoms with E-state index in [0.29, 0.717) is 17.8 Å². The predicted molar refractivity (Wildman–Crippen MR) is 83.1 cm³/mol. The summed E-state index contributed by atoms with van der Waals surface area (Å²) in [6, 6.07) is 7.06. The molecule has 0 fully saturated rings. The number of benzene rings is 1. The Bertz CT molecular complexity index is 458. The molecule has 1 aromatic rings. The summed E-state index contributed by atoms with van der Waals surface area (Å²) in [5, 5.41) is 5.48. The molecule has 0 saturated carbocycles. The zero-order valence-corrected chi connectivity index (χ0v) is 12.5. The highest BCUT2D eigenvalue weighted by atomic mass is 16.5. The molecule has 0 aliphatic heterocycles. The highest BCUT2D eigenvalue weighted by Gasteiger charge is 2.05. The van der Waals surface area contributed by atoms with Crippen LogP contribution in [0.5, 0.6) is 0 Å². The van der Waals surface area contributed by atoms with Crippen LogP contribution in [-0.2, 0) is 14.3 Å². The van der Waals surface area contributed by atoms with Crippen LogP contribution in [0.1, 0.15) is 26.2 Å². The van der Waals surface area contributed by atoms with Gasteiger partial charge in [-0.1, -0.05) is 0 Å². The molecule has 0 aromatic heterocycles. The molecule has 0 aliphatic rings. The van der Waals surface area contributed by atoms with Gasteiger partial charge in [-0.15, -0.1) is 0 Å². The number of carbonyl (C=O) groups excluding carboxylic acids is 2. The molecule has 1 atom stereocenters. The molecular weight excluding hydrogens is 270 g/mol. The van der Waals surface area contributed by atoms with Crippen molar-refractivity contribution in [1.29, 1.82) is 0 Å². The summed E-state index contributed by atoms with van der Waals surface area (Å²) in [6.45, 7) is 1.94. The van der Waals surface area contributed by atoms with Crippen molar-refractivity contribution in [1.82, 2.24) is 0 Å². The molecule has 2 amide bonds. The molecule has 0 aliphatic carbocycles. The molecule has 116 valence electrons. The van der Waals surface area contributed by atoms with Crippen LogP contribution in [0.2, 0.25) is 0 Å². The van der Waals surface area contributed by atoms with Crippen molar-refractivity contribution in [2.24, 2.45) is 5.73 Å². The van der Waals surface area contributed by atoms with Crippen molar-refractivity contribution < 1.29 is 14.3 Å². The van der Waals surface area contributed by atoms with E-state index in [1.165, 1.54) is 7.11 Å². The van der Waals surface area contributed by atoms with Crippen LogP contribution in [0.4, 0.5) is 11.4 Å². The van der Waals surface area contributed by atoms with Crippen molar-refractivity contribution in [3.63, 3.8) is 0 Å². The number of rotatable bonds is 8. The lowest BCUT2D eigenvalue weighted by Crippen LogP contribution is -2.17. The van der Waals surface area contributed by atoms with Crippen LogP contribution in [0.15, 0.2) is 24.3 Å². The molecule has 4 N–H and O–H groups in total. The van der Waals surface area contributed by atoms with Gasteiger partial charge in [0.15, 0.2) is 0 Å². The minimum atomic E-state index is -0.217. The van der Waals surface area contributed by atoms with E-state index in [9.17, 15) is 9.59 Å². The summed E-state index contributed by atoms with van der Waals surface area (Å²) >= 11 is 0. The van der Waals surface area contributed by atoms with E-state index in [4.69, 9.17) is 10.5 Å². The van der Waals surface area contributed by atoms with Gasteiger partial charge in [-0.25, -0.2) is 0 Å². The quantitative estimate of drug-likeness (QED) is 0.680. The number of carbonyl (C=O) groups is 2. The van der Waals surface area contributed by atoms with Gasteiger partial charge < -0.3 is 21.1 Å². The molecule has 0 bridgehead atoms. The van der Waals surface area contributed by atoms with E-state index >= 15 is 0 Å². The number of methoxy groups -OCH3 is 1. The lowest BCUT2D eigenvalue weighted by molar-refractivity contribution is -0.119. The maximum absolute atomic E-state index is 11.7. The second-order valence-electron chi connectivity index (χ2n) is 4.98. The van der Waals surface area contributed by atoms with Gasteiger partial charge in [-0.2, -0.15) is 0 Å². The van der Waals surface area contributed by atoms with Crippen LogP contribution in [0.25, 0.3) is 0 Å². The molecule has 1 rings (SSSR count). The van der Waals surface area contributed by atoms with Crippen molar-refractivity contribution >= 4 is 23.2 Å². The van der Waals surface area contributed by atoms with E-state index in [1.807, 2.05) is 6.92 Å². The third kappa shape index (κ3) is 7.43. The fraction of sp³-hybridized carbons (Fsp3) is 0.467. The Labute approximate surface area is 125 Å². The lowest BCUT2D eigenvalue weighted by Gasteiger charge is -2.08. The third-order valence-corrected chi connectivity index (χ3v) is 2.79. The number of nitrogens with two attached hydrogens (primary N) is 1. The van der Waals surface area contributed by atoms with Gasteiger partial charge in [0.2, 0.25) is 11.8 Å². The van der Waals surface area contributed by atoms with Crippen molar-refractivity contribution in [3.8, 4) is 0 Å². The van der Waals surface area contributed by atoms with Gasteiger partial charge >= 0.3 is 0 Å². The third-order valence-electron chi connectivity index (χ3n) is 2.79. The summed E-state index contributed by atoms with van der Waals surface area (Å²) in [4.78, 5) is 23.0. The van der Waals surface area contributed by atoms with Crippen LogP contribution in [0, 0.1) is 0 Å². The first kappa shape index (κ1) is 17.1. The van der Waals surface area contributed by atoms with E-state index < -0.39 is 0 Å². The summed E-state index contributed by atoms with van der Waals surface area (Å²) in [6.07, 6.45) is 2.06. The van der Waals surface area contributed by atoms with Gasteiger partial charge in [-0.05, 0) is 44.0 Å². The minimum Gasteiger partial charge on any atom is -0.375 e. The van der Waals surface area contributed by atoms with Crippen molar-refractivity contribution in [3.05, 3.63) is 24.3 Å². The Morgan fingerprint density at radius 3 is 2.14 bits per heavy atom. The maximum atomic E-state index is 11.7. The molecule has 1 unspecified atom stereocenters. The summed E-state index contributed by atoms with van der Waals surface area (Å²) in [5.74, 6) is -0.253. The average Bonchev–Trinajstić information content (AvgIpc) is 2.41. The van der Waals surface area contributed by atoms with Crippen LogP contribution in [0.3, 0.4) is 0 Å². The number of nitrogens with one attached hydrogen (secondary N) is 2. The van der Waals surface area contributed by atoms with Crippen LogP contribution >= 0.6 is 0 Å². The van der Waals surface area contributed by atoms with Gasteiger partial charge in [0.25, 0.3) is 0 Å². The molecule has 0 radical (unpaired) electrons. The normalized spacial score (nSPS) is 11.8. The lowest BCUT2D eigenvalue weighted by atomic mass is 10.1. The first-order valence-corrected chi connectivity index (χ1v) is 6.95. The Kier molecular flexibility index (Phi) is 7.42. The Morgan fingerprint density at radius 1 is 1.14 bits per heavy atom. The standard InChI is InChI=1S/C15H23N3O3/c1-11(16)4-3-5-14(19)17-12-6-8-13(9-7-12)18-15(20)10-21-2/h6-9,11H,3-5,10,16H2,1-2H3,(H,17,19)(H,18,20). The van der Waals surface area contributed by atoms with Crippen molar-refractivity contribution in [2.75, 3.05) is 24.4 Å². The molecule has 1 aromatic carbocycles. The van der Waals surface area contributed by atoms with Gasteiger partial charge in [-0.3, -0.25) is 9.59 Å². The van der Waals surface area contributed by atoms with Gasteiger partial charge in [0, 0.05) is 30.9 Å². The van der Waals surface area contributed by atoms with E-state index in [2.05, 4.69) is 10.6 Å². The second kappa shape index (κ2) is 9.10. The van der Waals surface area contributed by atoms with Crippen LogP contribution in [-0.4, -0.2) is 31.6 Å². The molecule has 21 heavy (non-hydrogen) atoms. The smallest absolute Gasteiger partial charge is 0.250 e. The fourth-order valence-corrected chi connectivity index (χ4v) is 1.77. The first-order valence-electron chi connectivity index (χ1n) is 6.95. The Morgan fingerprint density at radius 2 is 1.67 bits per heavy atom. The fourth-order valence-electron chi connectivity index (χ4n) is 1.77. The topological polar surface area (TPSA) is 93.5 Å². The maximum Gasteiger partial charge on any atom is 0.250 e. The highest BCUT2D eigenvalue weighted by molar-refractivity contribution is 5.93.